The normalized spacial score (nSPS) is 13.6. The van der Waals surface area contributed by atoms with Gasteiger partial charge in [-0.25, -0.2) is 0 Å². The van der Waals surface area contributed by atoms with Gasteiger partial charge in [0, 0.05) is 61.4 Å². The summed E-state index contributed by atoms with van der Waals surface area (Å²) in [5, 5.41) is 2.47. The first-order valence-electron chi connectivity index (χ1n) is 30.3. The average Bonchev–Trinajstić information content (AvgIpc) is 0.854. The Labute approximate surface area is 506 Å². The van der Waals surface area contributed by atoms with Crippen molar-refractivity contribution in [2.75, 3.05) is 14.7 Å². The first kappa shape index (κ1) is 56.9. The van der Waals surface area contributed by atoms with E-state index in [9.17, 15) is 0 Å². The van der Waals surface area contributed by atoms with Crippen LogP contribution >= 0.6 is 11.3 Å². The summed E-state index contributed by atoms with van der Waals surface area (Å²) in [7, 11) is 0. The summed E-state index contributed by atoms with van der Waals surface area (Å²) in [5.74, 6) is 1.77. The second-order valence-corrected chi connectivity index (χ2v) is 31.1. The Balaban J connectivity index is 1.19. The maximum Gasteiger partial charge on any atom is 0.256 e. The van der Waals surface area contributed by atoms with E-state index in [1.165, 1.54) is 69.9 Å². The van der Waals surface area contributed by atoms with Crippen LogP contribution in [0.4, 0.5) is 51.2 Å². The summed E-state index contributed by atoms with van der Waals surface area (Å²) in [6.07, 6.45) is 0. The van der Waals surface area contributed by atoms with E-state index in [-0.39, 0.29) is 39.2 Å². The van der Waals surface area contributed by atoms with E-state index in [0.29, 0.717) is 0 Å². The van der Waals surface area contributed by atoms with Gasteiger partial charge in [-0.2, -0.15) is 0 Å². The van der Waals surface area contributed by atoms with Crippen molar-refractivity contribution in [1.29, 1.82) is 0 Å². The van der Waals surface area contributed by atoms with Crippen molar-refractivity contribution in [3.63, 3.8) is 0 Å². The maximum absolute atomic E-state index is 7.48. The molecule has 6 heteroatoms. The maximum atomic E-state index is 7.48. The van der Waals surface area contributed by atoms with E-state index >= 15 is 0 Å². The van der Waals surface area contributed by atoms with Gasteiger partial charge in [0.25, 0.3) is 6.71 Å². The molecule has 0 aliphatic carbocycles. The van der Waals surface area contributed by atoms with Crippen LogP contribution in [-0.4, -0.2) is 6.71 Å². The van der Waals surface area contributed by atoms with Crippen molar-refractivity contribution >= 4 is 106 Å². The Morgan fingerprint density at radius 2 is 0.786 bits per heavy atom. The third-order valence-electron chi connectivity index (χ3n) is 17.7. The molecule has 0 bridgehead atoms. The molecule has 0 atom stereocenters. The summed E-state index contributed by atoms with van der Waals surface area (Å²) in [6, 6.07) is 70.0. The lowest BCUT2D eigenvalue weighted by Crippen LogP contribution is -2.60. The fourth-order valence-corrected chi connectivity index (χ4v) is 13.7. The Morgan fingerprint density at radius 1 is 0.357 bits per heavy atom. The quantitative estimate of drug-likeness (QED) is 0.148. The molecule has 10 aromatic rings. The third kappa shape index (κ3) is 10.3. The molecule has 0 unspecified atom stereocenters. The van der Waals surface area contributed by atoms with Gasteiger partial charge in [-0.15, -0.1) is 11.3 Å². The van der Waals surface area contributed by atoms with Crippen LogP contribution < -0.4 is 35.8 Å². The van der Waals surface area contributed by atoms with Gasteiger partial charge in [0.2, 0.25) is 0 Å². The van der Waals surface area contributed by atoms with Crippen LogP contribution in [0.3, 0.4) is 0 Å². The van der Waals surface area contributed by atoms with E-state index < -0.39 is 0 Å². The monoisotopic (exact) mass is 1120 g/mol. The molecule has 3 heterocycles. The van der Waals surface area contributed by atoms with Gasteiger partial charge in [0.1, 0.15) is 11.5 Å². The van der Waals surface area contributed by atoms with E-state index in [1.807, 2.05) is 11.3 Å². The van der Waals surface area contributed by atoms with E-state index in [2.05, 4.69) is 321 Å². The van der Waals surface area contributed by atoms with Gasteiger partial charge >= 0.3 is 0 Å². The minimum absolute atomic E-state index is 0.00367. The predicted octanol–water partition coefficient (Wildman–Crippen LogP) is 21.2. The second-order valence-electron chi connectivity index (χ2n) is 30.1. The number of benzene rings is 9. The standard InChI is InChI=1S/C78H84BN3OS/c1-73(2,3)49-23-33-55(34-24-49)80(56-35-25-50(26-36-56)74(4,5)6)60-46-66-71-69(48-60)83-68-42-32-54(78(16,17)18)44-64(68)79(71)63-43-53(77(13,14)15)31-41-65(63)82(66)59-45-62-61-21-19-20-22-70(61)84-72(62)67(47-59)81(57-37-27-51(28-38-57)75(7,8)9)58-39-29-52(30-40-58)76(10,11)12/h19-48H,1-18H3. The number of rotatable bonds is 7. The highest BCUT2D eigenvalue weighted by atomic mass is 32.1. The van der Waals surface area contributed by atoms with Crippen LogP contribution in [0, 0.1) is 0 Å². The van der Waals surface area contributed by atoms with E-state index in [1.54, 1.807) is 0 Å². The Kier molecular flexibility index (Phi) is 13.6. The van der Waals surface area contributed by atoms with Crippen LogP contribution in [0.1, 0.15) is 158 Å². The number of thiophene rings is 1. The Bertz CT molecular complexity index is 4030. The topological polar surface area (TPSA) is 19.0 Å². The lowest BCUT2D eigenvalue weighted by Gasteiger charge is -2.42. The number of ether oxygens (including phenoxy) is 1. The van der Waals surface area contributed by atoms with Crippen LogP contribution in [0.5, 0.6) is 11.5 Å². The second kappa shape index (κ2) is 20.1. The molecule has 0 saturated carbocycles. The first-order chi connectivity index (χ1) is 39.4. The van der Waals surface area contributed by atoms with E-state index in [4.69, 9.17) is 4.74 Å². The van der Waals surface area contributed by atoms with Gasteiger partial charge in [-0.1, -0.05) is 216 Å². The number of fused-ring (bicyclic) bond motifs is 7. The molecule has 0 amide bonds. The number of hydrogen-bond donors (Lipinski definition) is 0. The highest BCUT2D eigenvalue weighted by molar-refractivity contribution is 7.26. The van der Waals surface area contributed by atoms with Crippen molar-refractivity contribution in [3.05, 3.63) is 215 Å². The number of anilines is 9. The Hall–Kier alpha value is -7.54. The molecule has 0 radical (unpaired) electrons. The molecule has 0 fully saturated rings. The molecule has 0 N–H and O–H groups in total. The molecular weight excluding hydrogens is 1040 g/mol. The lowest BCUT2D eigenvalue weighted by molar-refractivity contribution is 0.486. The Morgan fingerprint density at radius 3 is 1.26 bits per heavy atom. The molecule has 2 aliphatic heterocycles. The fourth-order valence-electron chi connectivity index (χ4n) is 12.5. The van der Waals surface area contributed by atoms with E-state index in [0.717, 1.165) is 62.7 Å². The van der Waals surface area contributed by atoms with Gasteiger partial charge < -0.3 is 19.4 Å². The van der Waals surface area contributed by atoms with Gasteiger partial charge in [0.15, 0.2) is 0 Å². The zero-order valence-corrected chi connectivity index (χ0v) is 53.9. The largest absolute Gasteiger partial charge is 0.458 e. The van der Waals surface area contributed by atoms with Crippen molar-refractivity contribution in [1.82, 2.24) is 0 Å². The van der Waals surface area contributed by atoms with Gasteiger partial charge in [-0.05, 0) is 167 Å². The molecule has 84 heavy (non-hydrogen) atoms. The van der Waals surface area contributed by atoms with Gasteiger partial charge in [-0.3, -0.25) is 0 Å². The van der Waals surface area contributed by atoms with Crippen LogP contribution in [0.15, 0.2) is 182 Å². The highest BCUT2D eigenvalue weighted by Crippen LogP contribution is 2.52. The fraction of sp³-hybridized carbons (Fsp3) is 0.308. The van der Waals surface area contributed by atoms with Crippen molar-refractivity contribution < 1.29 is 4.74 Å². The smallest absolute Gasteiger partial charge is 0.256 e. The number of hydrogen-bond acceptors (Lipinski definition) is 5. The molecule has 9 aromatic carbocycles. The third-order valence-corrected chi connectivity index (χ3v) is 18.9. The minimum Gasteiger partial charge on any atom is -0.458 e. The van der Waals surface area contributed by atoms with Crippen molar-refractivity contribution in [3.8, 4) is 11.5 Å². The first-order valence-corrected chi connectivity index (χ1v) is 31.2. The van der Waals surface area contributed by atoms with Crippen LogP contribution in [0.25, 0.3) is 20.2 Å². The molecule has 1 aromatic heterocycles. The SMILES string of the molecule is CC(C)(C)c1ccc(N(c2ccc(C(C)(C)C)cc2)c2cc3c4c(c2)N(c2cc(N(c5ccc(C(C)(C)C)cc5)c5ccc(C(C)(C)C)cc5)c5sc6ccccc6c5c2)c2ccc(C(C)(C)C)cc2B4c2cc(C(C)(C)C)ccc2O3)cc1. The summed E-state index contributed by atoms with van der Waals surface area (Å²) in [6.45, 7) is 41.4. The highest BCUT2D eigenvalue weighted by Gasteiger charge is 2.44. The van der Waals surface area contributed by atoms with Gasteiger partial charge in [0.05, 0.1) is 16.1 Å². The predicted molar refractivity (Wildman–Crippen MR) is 367 cm³/mol. The molecule has 0 spiro atoms. The molecule has 426 valence electrons. The lowest BCUT2D eigenvalue weighted by atomic mass is 9.33. The van der Waals surface area contributed by atoms with Crippen molar-refractivity contribution in [2.45, 2.75) is 157 Å². The average molecular weight is 1120 g/mol. The molecule has 4 nitrogen and oxygen atoms in total. The van der Waals surface area contributed by atoms with Crippen molar-refractivity contribution in [2.24, 2.45) is 0 Å². The zero-order valence-electron chi connectivity index (χ0n) is 53.1. The number of nitrogens with zero attached hydrogens (tertiary/aromatic N) is 3. The minimum atomic E-state index is -0.112. The summed E-state index contributed by atoms with van der Waals surface area (Å²) >= 11 is 1.88. The molecular formula is C78H84BN3OS. The van der Waals surface area contributed by atoms with Crippen LogP contribution in [0.2, 0.25) is 0 Å². The van der Waals surface area contributed by atoms with Crippen LogP contribution in [-0.2, 0) is 32.5 Å². The molecule has 12 rings (SSSR count). The summed E-state index contributed by atoms with van der Waals surface area (Å²) in [4.78, 5) is 7.54. The summed E-state index contributed by atoms with van der Waals surface area (Å²) in [5.41, 5.74) is 21.1. The molecule has 2 aliphatic rings. The molecule has 0 saturated heterocycles. The zero-order chi connectivity index (χ0) is 59.8. The summed E-state index contributed by atoms with van der Waals surface area (Å²) < 4.78 is 9.98.